The molecule has 1 aromatic rings. The van der Waals surface area contributed by atoms with Crippen LogP contribution < -0.4 is 5.32 Å². The zero-order valence-corrected chi connectivity index (χ0v) is 16.7. The number of nitrogens with one attached hydrogen (secondary N) is 1. The van der Waals surface area contributed by atoms with E-state index in [-0.39, 0.29) is 23.1 Å². The fourth-order valence-corrected chi connectivity index (χ4v) is 5.08. The largest absolute Gasteiger partial charge is 0.356 e. The molecule has 1 saturated heterocycles. The Hall–Kier alpha value is -1.84. The van der Waals surface area contributed by atoms with E-state index in [1.54, 1.807) is 0 Å². The molecule has 2 fully saturated rings. The van der Waals surface area contributed by atoms with Crippen LogP contribution in [0.4, 0.5) is 0 Å². The minimum Gasteiger partial charge on any atom is -0.356 e. The molecule has 1 N–H and O–H groups in total. The van der Waals surface area contributed by atoms with Gasteiger partial charge in [-0.05, 0) is 60.5 Å². The summed E-state index contributed by atoms with van der Waals surface area (Å²) in [6, 6.07) is 8.71. The monoisotopic (exact) mass is 368 g/mol. The molecule has 2 amide bonds. The van der Waals surface area contributed by atoms with E-state index < -0.39 is 0 Å². The number of hydrogen-bond acceptors (Lipinski definition) is 2. The molecule has 4 nitrogen and oxygen atoms in total. The van der Waals surface area contributed by atoms with E-state index in [1.807, 2.05) is 18.7 Å². The summed E-state index contributed by atoms with van der Waals surface area (Å²) in [5.41, 5.74) is 2.94. The van der Waals surface area contributed by atoms with Crippen molar-refractivity contribution < 1.29 is 9.59 Å². The van der Waals surface area contributed by atoms with Crippen LogP contribution in [0.15, 0.2) is 24.3 Å². The topological polar surface area (TPSA) is 49.4 Å². The number of amides is 2. The third-order valence-corrected chi connectivity index (χ3v) is 6.85. The first-order chi connectivity index (χ1) is 13.0. The molecule has 3 aliphatic rings. The smallest absolute Gasteiger partial charge is 0.225 e. The lowest BCUT2D eigenvalue weighted by Crippen LogP contribution is -2.45. The van der Waals surface area contributed by atoms with Gasteiger partial charge in [0.15, 0.2) is 0 Å². The van der Waals surface area contributed by atoms with E-state index >= 15 is 0 Å². The summed E-state index contributed by atoms with van der Waals surface area (Å²) in [6.45, 7) is 6.49. The van der Waals surface area contributed by atoms with E-state index in [4.69, 9.17) is 0 Å². The summed E-state index contributed by atoms with van der Waals surface area (Å²) in [5.74, 6) is 1.57. The molecule has 1 saturated carbocycles. The molecular weight excluding hydrogens is 336 g/mol. The number of carbonyl (C=O) groups excluding carboxylic acids is 2. The zero-order chi connectivity index (χ0) is 19.0. The molecule has 1 unspecified atom stereocenters. The fraction of sp³-hybridized carbons (Fsp3) is 0.652. The van der Waals surface area contributed by atoms with Crippen molar-refractivity contribution in [3.8, 4) is 0 Å². The molecule has 27 heavy (non-hydrogen) atoms. The Morgan fingerprint density at radius 2 is 1.89 bits per heavy atom. The number of rotatable bonds is 5. The summed E-state index contributed by atoms with van der Waals surface area (Å²) in [4.78, 5) is 26.9. The zero-order valence-electron chi connectivity index (χ0n) is 16.7. The van der Waals surface area contributed by atoms with Crippen LogP contribution in [0, 0.1) is 11.8 Å². The SMILES string of the molecule is CC(C)C(=O)N1CCC2(CC1)CC(CC(=O)NCC1CC1)c1ccccc12. The summed E-state index contributed by atoms with van der Waals surface area (Å²) < 4.78 is 0. The van der Waals surface area contributed by atoms with Gasteiger partial charge in [0, 0.05) is 32.0 Å². The number of carbonyl (C=O) groups is 2. The van der Waals surface area contributed by atoms with Crippen LogP contribution >= 0.6 is 0 Å². The van der Waals surface area contributed by atoms with Crippen LogP contribution in [0.25, 0.3) is 0 Å². The number of fused-ring (bicyclic) bond motifs is 2. The van der Waals surface area contributed by atoms with E-state index in [0.29, 0.717) is 12.3 Å². The predicted octanol–water partition coefficient (Wildman–Crippen LogP) is 3.61. The molecule has 146 valence electrons. The third kappa shape index (κ3) is 3.76. The van der Waals surface area contributed by atoms with Crippen molar-refractivity contribution >= 4 is 11.8 Å². The van der Waals surface area contributed by atoms with Gasteiger partial charge in [-0.25, -0.2) is 0 Å². The first-order valence-corrected chi connectivity index (χ1v) is 10.6. The number of likely N-dealkylation sites (tertiary alicyclic amines) is 1. The Bertz CT molecular complexity index is 715. The molecule has 4 rings (SSSR count). The standard InChI is InChI=1S/C23H32N2O2/c1-16(2)22(27)25-11-9-23(10-12-25)14-18(19-5-3-4-6-20(19)23)13-21(26)24-15-17-7-8-17/h3-6,16-18H,7-15H2,1-2H3,(H,24,26). The van der Waals surface area contributed by atoms with Gasteiger partial charge in [0.25, 0.3) is 0 Å². The highest BCUT2D eigenvalue weighted by Crippen LogP contribution is 2.52. The van der Waals surface area contributed by atoms with Crippen molar-refractivity contribution in [3.05, 3.63) is 35.4 Å². The average Bonchev–Trinajstić information content (AvgIpc) is 3.46. The second-order valence-electron chi connectivity index (χ2n) is 9.20. The Balaban J connectivity index is 1.45. The lowest BCUT2D eigenvalue weighted by molar-refractivity contribution is -0.136. The Morgan fingerprint density at radius 1 is 1.19 bits per heavy atom. The summed E-state index contributed by atoms with van der Waals surface area (Å²) >= 11 is 0. The van der Waals surface area contributed by atoms with Crippen LogP contribution in [0.1, 0.15) is 69.4 Å². The highest BCUT2D eigenvalue weighted by Gasteiger charge is 2.46. The molecule has 1 aliphatic heterocycles. The van der Waals surface area contributed by atoms with Crippen molar-refractivity contribution in [1.82, 2.24) is 10.2 Å². The van der Waals surface area contributed by atoms with Gasteiger partial charge >= 0.3 is 0 Å². The Morgan fingerprint density at radius 3 is 2.56 bits per heavy atom. The molecule has 4 heteroatoms. The van der Waals surface area contributed by atoms with Crippen molar-refractivity contribution in [1.29, 1.82) is 0 Å². The second-order valence-corrected chi connectivity index (χ2v) is 9.20. The summed E-state index contributed by atoms with van der Waals surface area (Å²) in [6.07, 6.45) is 6.21. The minimum absolute atomic E-state index is 0.0674. The summed E-state index contributed by atoms with van der Waals surface area (Å²) in [5, 5.41) is 3.14. The van der Waals surface area contributed by atoms with Crippen LogP contribution in [0.3, 0.4) is 0 Å². The first-order valence-electron chi connectivity index (χ1n) is 10.6. The molecule has 1 atom stereocenters. The minimum atomic E-state index is 0.0674. The molecule has 0 aromatic heterocycles. The maximum Gasteiger partial charge on any atom is 0.225 e. The van der Waals surface area contributed by atoms with Gasteiger partial charge in [-0.1, -0.05) is 38.1 Å². The number of nitrogens with zero attached hydrogens (tertiary/aromatic N) is 1. The Labute approximate surface area is 162 Å². The van der Waals surface area contributed by atoms with E-state index in [1.165, 1.54) is 24.0 Å². The number of benzene rings is 1. The normalized spacial score (nSPS) is 23.5. The van der Waals surface area contributed by atoms with Crippen molar-refractivity contribution in [2.75, 3.05) is 19.6 Å². The maximum atomic E-state index is 12.5. The van der Waals surface area contributed by atoms with Crippen LogP contribution in [0.5, 0.6) is 0 Å². The van der Waals surface area contributed by atoms with Crippen LogP contribution in [0.2, 0.25) is 0 Å². The van der Waals surface area contributed by atoms with Crippen molar-refractivity contribution in [2.24, 2.45) is 11.8 Å². The van der Waals surface area contributed by atoms with E-state index in [2.05, 4.69) is 29.6 Å². The predicted molar refractivity (Wildman–Crippen MR) is 106 cm³/mol. The van der Waals surface area contributed by atoms with Crippen molar-refractivity contribution in [3.63, 3.8) is 0 Å². The molecular formula is C23H32N2O2. The average molecular weight is 369 g/mol. The van der Waals surface area contributed by atoms with Crippen molar-refractivity contribution in [2.45, 2.75) is 63.7 Å². The fourth-order valence-electron chi connectivity index (χ4n) is 5.08. The third-order valence-electron chi connectivity index (χ3n) is 6.85. The van der Waals surface area contributed by atoms with Gasteiger partial charge in [-0.2, -0.15) is 0 Å². The highest BCUT2D eigenvalue weighted by molar-refractivity contribution is 5.78. The van der Waals surface area contributed by atoms with Crippen LogP contribution in [-0.4, -0.2) is 36.3 Å². The lowest BCUT2D eigenvalue weighted by Gasteiger charge is -2.41. The number of piperidine rings is 1. The highest BCUT2D eigenvalue weighted by atomic mass is 16.2. The van der Waals surface area contributed by atoms with Gasteiger partial charge < -0.3 is 10.2 Å². The maximum absolute atomic E-state index is 12.5. The van der Waals surface area contributed by atoms with E-state index in [9.17, 15) is 9.59 Å². The van der Waals surface area contributed by atoms with Gasteiger partial charge in [-0.15, -0.1) is 0 Å². The number of hydrogen-bond donors (Lipinski definition) is 1. The quantitative estimate of drug-likeness (QED) is 0.863. The first kappa shape index (κ1) is 18.5. The molecule has 0 radical (unpaired) electrons. The van der Waals surface area contributed by atoms with Gasteiger partial charge in [0.1, 0.15) is 0 Å². The van der Waals surface area contributed by atoms with E-state index in [0.717, 1.165) is 44.8 Å². The molecule has 1 spiro atoms. The molecule has 1 heterocycles. The lowest BCUT2D eigenvalue weighted by atomic mass is 9.73. The second kappa shape index (κ2) is 7.29. The van der Waals surface area contributed by atoms with Gasteiger partial charge in [-0.3, -0.25) is 9.59 Å². The molecule has 2 aliphatic carbocycles. The molecule has 1 aromatic carbocycles. The van der Waals surface area contributed by atoms with Gasteiger partial charge in [0.2, 0.25) is 11.8 Å². The Kier molecular flexibility index (Phi) is 5.00. The van der Waals surface area contributed by atoms with Crippen LogP contribution in [-0.2, 0) is 15.0 Å². The molecule has 0 bridgehead atoms. The van der Waals surface area contributed by atoms with Gasteiger partial charge in [0.05, 0.1) is 0 Å². The summed E-state index contributed by atoms with van der Waals surface area (Å²) in [7, 11) is 0.